The van der Waals surface area contributed by atoms with Gasteiger partial charge in [0.2, 0.25) is 0 Å². The van der Waals surface area contributed by atoms with Crippen LogP contribution in [-0.2, 0) is 32.7 Å². The molecule has 0 amide bonds. The molecule has 0 N–H and O–H groups in total. The number of hydrogen-bond donors (Lipinski definition) is 0. The summed E-state index contributed by atoms with van der Waals surface area (Å²) in [7, 11) is 1.12. The van der Waals surface area contributed by atoms with Gasteiger partial charge in [-0.3, -0.25) is 14.2 Å². The summed E-state index contributed by atoms with van der Waals surface area (Å²) in [4.78, 5) is 38.0. The molecule has 2 unspecified atom stereocenters. The van der Waals surface area contributed by atoms with Crippen molar-refractivity contribution in [3.63, 3.8) is 0 Å². The smallest absolute Gasteiger partial charge is 0.306 e. The summed E-state index contributed by atoms with van der Waals surface area (Å²) < 4.78 is 34.2. The van der Waals surface area contributed by atoms with E-state index in [0.29, 0.717) is 23.9 Å². The second-order valence-electron chi connectivity index (χ2n) is 21.7. The average molecular weight is 1150 g/mol. The molecule has 0 aromatic rings. The van der Waals surface area contributed by atoms with Gasteiger partial charge in [0.25, 0.3) is 7.82 Å². The monoisotopic (exact) mass is 1150 g/mol. The number of ether oxygens (including phenoxy) is 2. The van der Waals surface area contributed by atoms with Crippen LogP contribution < -0.4 is 4.89 Å². The summed E-state index contributed by atoms with van der Waals surface area (Å²) in [6.45, 7) is 3.96. The van der Waals surface area contributed by atoms with Crippen molar-refractivity contribution in [3.8, 4) is 0 Å². The highest BCUT2D eigenvalue weighted by molar-refractivity contribution is 7.45. The maximum Gasteiger partial charge on any atom is 0.306 e. The van der Waals surface area contributed by atoms with E-state index in [9.17, 15) is 19.0 Å². The molecule has 0 heterocycles. The molecule has 0 radical (unpaired) electrons. The Hall–Kier alpha value is -4.63. The van der Waals surface area contributed by atoms with Gasteiger partial charge in [0.15, 0.2) is 6.10 Å². The lowest BCUT2D eigenvalue weighted by Gasteiger charge is -2.28. The molecule has 0 saturated heterocycles. The van der Waals surface area contributed by atoms with Gasteiger partial charge >= 0.3 is 11.9 Å². The van der Waals surface area contributed by atoms with E-state index in [1.165, 1.54) is 32.1 Å². The highest BCUT2D eigenvalue weighted by Gasteiger charge is 2.22. The number of phosphoric acid groups is 1. The molecule has 0 rings (SSSR count). The van der Waals surface area contributed by atoms with E-state index in [4.69, 9.17) is 18.5 Å². The van der Waals surface area contributed by atoms with Gasteiger partial charge in [-0.1, -0.05) is 248 Å². The van der Waals surface area contributed by atoms with Crippen molar-refractivity contribution < 1.29 is 42.1 Å². The van der Waals surface area contributed by atoms with Crippen molar-refractivity contribution in [1.82, 2.24) is 0 Å². The van der Waals surface area contributed by atoms with Gasteiger partial charge in [0, 0.05) is 12.8 Å². The molecule has 0 aromatic carbocycles. The molecular formula is C72H116NO8P. The first-order valence-corrected chi connectivity index (χ1v) is 33.3. The highest BCUT2D eigenvalue weighted by atomic mass is 31.2. The number of carbonyl (C=O) groups excluding carboxylic acids is 2. The van der Waals surface area contributed by atoms with Crippen LogP contribution >= 0.6 is 7.82 Å². The number of unbranched alkanes of at least 4 members (excludes halogenated alkanes) is 14. The van der Waals surface area contributed by atoms with E-state index >= 15 is 0 Å². The quantitative estimate of drug-likeness (QED) is 0.0195. The average Bonchev–Trinajstić information content (AvgIpc) is 3.44. The number of likely N-dealkylation sites (N-methyl/N-ethyl adjacent to an activating group) is 1. The molecule has 0 aromatic heterocycles. The van der Waals surface area contributed by atoms with Crippen molar-refractivity contribution in [2.24, 2.45) is 0 Å². The van der Waals surface area contributed by atoms with E-state index in [-0.39, 0.29) is 26.1 Å². The topological polar surface area (TPSA) is 111 Å². The van der Waals surface area contributed by atoms with Crippen molar-refractivity contribution in [1.29, 1.82) is 0 Å². The lowest BCUT2D eigenvalue weighted by Crippen LogP contribution is -2.37. The molecule has 82 heavy (non-hydrogen) atoms. The van der Waals surface area contributed by atoms with E-state index in [2.05, 4.69) is 184 Å². The molecular weight excluding hydrogens is 1040 g/mol. The zero-order valence-corrected chi connectivity index (χ0v) is 53.3. The number of quaternary nitrogens is 1. The second-order valence-corrected chi connectivity index (χ2v) is 23.1. The van der Waals surface area contributed by atoms with Crippen molar-refractivity contribution in [2.45, 2.75) is 225 Å². The Morgan fingerprint density at radius 1 is 0.378 bits per heavy atom. The van der Waals surface area contributed by atoms with Crippen LogP contribution in [0.15, 0.2) is 170 Å². The van der Waals surface area contributed by atoms with Crippen molar-refractivity contribution in [2.75, 3.05) is 47.5 Å². The minimum atomic E-state index is -4.66. The number of phosphoric ester groups is 1. The minimum absolute atomic E-state index is 0.0455. The largest absolute Gasteiger partial charge is 0.756 e. The van der Waals surface area contributed by atoms with Gasteiger partial charge in [0.05, 0.1) is 27.7 Å². The number of esters is 2. The third-order valence-electron chi connectivity index (χ3n) is 12.7. The first kappa shape index (κ1) is 77.4. The Balaban J connectivity index is 4.24. The Morgan fingerprint density at radius 2 is 0.659 bits per heavy atom. The number of hydrogen-bond acceptors (Lipinski definition) is 8. The van der Waals surface area contributed by atoms with Crippen LogP contribution in [0.5, 0.6) is 0 Å². The van der Waals surface area contributed by atoms with Gasteiger partial charge in [-0.05, 0) is 128 Å². The van der Waals surface area contributed by atoms with Crippen LogP contribution in [-0.4, -0.2) is 70.0 Å². The fourth-order valence-corrected chi connectivity index (χ4v) is 8.64. The third-order valence-corrected chi connectivity index (χ3v) is 13.7. The molecule has 0 saturated carbocycles. The molecule has 10 heteroatoms. The molecule has 0 spiro atoms. The van der Waals surface area contributed by atoms with Gasteiger partial charge in [0.1, 0.15) is 19.8 Å². The van der Waals surface area contributed by atoms with Crippen LogP contribution in [0.2, 0.25) is 0 Å². The third kappa shape index (κ3) is 64.5. The highest BCUT2D eigenvalue weighted by Crippen LogP contribution is 2.38. The van der Waals surface area contributed by atoms with Crippen molar-refractivity contribution in [3.05, 3.63) is 170 Å². The van der Waals surface area contributed by atoms with Crippen LogP contribution in [0, 0.1) is 0 Å². The zero-order chi connectivity index (χ0) is 59.8. The summed E-state index contributed by atoms with van der Waals surface area (Å²) in [5, 5.41) is 0. The fourth-order valence-electron chi connectivity index (χ4n) is 7.91. The van der Waals surface area contributed by atoms with Gasteiger partial charge in [-0.25, -0.2) is 0 Å². The summed E-state index contributed by atoms with van der Waals surface area (Å²) in [6.07, 6.45) is 92.5. The molecule has 462 valence electrons. The first-order chi connectivity index (χ1) is 40.0. The summed E-state index contributed by atoms with van der Waals surface area (Å²) in [5.74, 6) is -0.873. The Labute approximate surface area is 502 Å². The lowest BCUT2D eigenvalue weighted by atomic mass is 10.1. The standard InChI is InChI=1S/C72H116NO8P/c1-6-8-10-12-14-16-18-20-22-24-26-28-30-32-34-36-38-40-42-44-46-48-50-52-54-56-58-60-62-64-71(74)78-68-70(69-80-82(76,77)79-67-66-73(3,4)5)81-72(75)65-63-61-59-57-55-53-51-49-47-45-43-41-39-37-35-33-31-29-27-25-23-21-19-17-15-13-11-9-7-2/h8-11,14-17,20-23,26-29,32-35,38-41,44-47,70H,6-7,12-13,18-19,24-25,30-31,36-37,42-43,48-69H2,1-5H3/b10-8-,11-9-,16-14-,17-15-,22-20-,23-21-,28-26-,29-27-,34-32-,35-33-,40-38-,41-39-,46-44-,47-45-. The van der Waals surface area contributed by atoms with Crippen molar-refractivity contribution >= 4 is 19.8 Å². The second kappa shape index (κ2) is 60.9. The Kier molecular flexibility index (Phi) is 57.5. The van der Waals surface area contributed by atoms with E-state index in [1.54, 1.807) is 0 Å². The summed E-state index contributed by atoms with van der Waals surface area (Å²) in [5.41, 5.74) is 0. The number of carbonyl (C=O) groups is 2. The molecule has 0 fully saturated rings. The normalized spacial score (nSPS) is 14.4. The van der Waals surface area contributed by atoms with Gasteiger partial charge < -0.3 is 27.9 Å². The predicted molar refractivity (Wildman–Crippen MR) is 350 cm³/mol. The van der Waals surface area contributed by atoms with Gasteiger partial charge in [-0.15, -0.1) is 0 Å². The van der Waals surface area contributed by atoms with Gasteiger partial charge in [-0.2, -0.15) is 0 Å². The molecule has 0 aliphatic carbocycles. The van der Waals surface area contributed by atoms with E-state index < -0.39 is 32.5 Å². The van der Waals surface area contributed by atoms with E-state index in [1.807, 2.05) is 21.1 Å². The number of rotatable bonds is 56. The van der Waals surface area contributed by atoms with Crippen LogP contribution in [0.1, 0.15) is 219 Å². The van der Waals surface area contributed by atoms with Crippen LogP contribution in [0.4, 0.5) is 0 Å². The minimum Gasteiger partial charge on any atom is -0.756 e. The van der Waals surface area contributed by atoms with Crippen LogP contribution in [0.25, 0.3) is 0 Å². The molecule has 0 bridgehead atoms. The predicted octanol–water partition coefficient (Wildman–Crippen LogP) is 20.0. The fraction of sp³-hybridized carbons (Fsp3) is 0.583. The molecule has 0 aliphatic heterocycles. The lowest BCUT2D eigenvalue weighted by molar-refractivity contribution is -0.870. The van der Waals surface area contributed by atoms with Crippen LogP contribution in [0.3, 0.4) is 0 Å². The maximum absolute atomic E-state index is 12.8. The zero-order valence-electron chi connectivity index (χ0n) is 52.4. The number of nitrogens with zero attached hydrogens (tertiary/aromatic N) is 1. The maximum atomic E-state index is 12.8. The molecule has 0 aliphatic rings. The first-order valence-electron chi connectivity index (χ1n) is 31.8. The molecule has 2 atom stereocenters. The Bertz CT molecular complexity index is 1990. The summed E-state index contributed by atoms with van der Waals surface area (Å²) in [6, 6.07) is 0. The summed E-state index contributed by atoms with van der Waals surface area (Å²) >= 11 is 0. The Morgan fingerprint density at radius 3 is 0.976 bits per heavy atom. The van der Waals surface area contributed by atoms with E-state index in [0.717, 1.165) is 148 Å². The molecule has 9 nitrogen and oxygen atoms in total. The SMILES string of the molecule is CC/C=C\C/C=C\C/C=C\C/C=C\C/C=C\C/C=C\C/C=C\CCCCCCCCCC(=O)OCC(COP(=O)([O-])OCC[N+](C)(C)C)OC(=O)CCCCCCCCC/C=C\C/C=C\C/C=C\C/C=C\C/C=C\C/C=C\C/C=C\CC. The number of allylic oxidation sites excluding steroid dienone is 28.